The van der Waals surface area contributed by atoms with E-state index in [9.17, 15) is 14.4 Å². The van der Waals surface area contributed by atoms with E-state index in [-0.39, 0.29) is 29.7 Å². The summed E-state index contributed by atoms with van der Waals surface area (Å²) < 4.78 is 37.5. The second-order valence-corrected chi connectivity index (χ2v) is 10.8. The number of ether oxygens (including phenoxy) is 7. The van der Waals surface area contributed by atoms with Crippen LogP contribution < -0.4 is 39.1 Å². The van der Waals surface area contributed by atoms with Crippen molar-refractivity contribution in [2.45, 2.75) is 52.1 Å². The van der Waals surface area contributed by atoms with Crippen molar-refractivity contribution in [3.63, 3.8) is 0 Å². The van der Waals surface area contributed by atoms with Gasteiger partial charge in [0.15, 0.2) is 34.4 Å². The van der Waals surface area contributed by atoms with Gasteiger partial charge in [-0.3, -0.25) is 9.59 Å². The lowest BCUT2D eigenvalue weighted by molar-refractivity contribution is -0.124. The summed E-state index contributed by atoms with van der Waals surface area (Å²) in [5, 5.41) is 5.92. The van der Waals surface area contributed by atoms with Crippen LogP contribution in [0, 0.1) is 5.92 Å². The molecule has 3 aromatic rings. The number of aromatic nitrogens is 1. The van der Waals surface area contributed by atoms with E-state index in [1.807, 2.05) is 45.0 Å². The molecular weight excluding hydrogens is 622 g/mol. The molecule has 0 saturated heterocycles. The summed E-state index contributed by atoms with van der Waals surface area (Å²) in [6.07, 6.45) is 0.877. The predicted molar refractivity (Wildman–Crippen MR) is 178 cm³/mol. The van der Waals surface area contributed by atoms with Gasteiger partial charge in [0.2, 0.25) is 11.7 Å². The van der Waals surface area contributed by atoms with E-state index in [1.54, 1.807) is 47.5 Å². The highest BCUT2D eigenvalue weighted by Crippen LogP contribution is 2.38. The average Bonchev–Trinajstić information content (AvgIpc) is 3.09. The molecule has 13 heteroatoms. The number of nitrogens with one attached hydrogen (secondary N) is 2. The smallest absolute Gasteiger partial charge is 0.493 e. The van der Waals surface area contributed by atoms with Crippen molar-refractivity contribution in [1.82, 2.24) is 15.6 Å². The Morgan fingerprint density at radius 3 is 1.75 bits per heavy atom. The van der Waals surface area contributed by atoms with Crippen molar-refractivity contribution in [1.29, 1.82) is 0 Å². The van der Waals surface area contributed by atoms with Gasteiger partial charge in [-0.1, -0.05) is 32.4 Å². The minimum Gasteiger partial charge on any atom is -0.493 e. The molecule has 13 nitrogen and oxygen atoms in total. The summed E-state index contributed by atoms with van der Waals surface area (Å²) in [4.78, 5) is 44.0. The minimum atomic E-state index is -1.03. The lowest BCUT2D eigenvalue weighted by Gasteiger charge is -2.30. The standard InChI is InChI=1S/C35H45N3O10/c1-10-20(3)30(38-34(40)31-32(48-35(41)47-11-2)26(44-7)16-17-36-31)33(39)37-21(4)29(22-12-14-24(42-5)27(18-22)45-8)23-13-15-25(43-6)28(19-23)46-9/h12-21,29-30H,10-11H2,1-9H3,(H,37,39)(H,38,40)/t20-,21-,30-/m0/s1. The summed E-state index contributed by atoms with van der Waals surface area (Å²) in [5.74, 6) is 0.175. The van der Waals surface area contributed by atoms with Gasteiger partial charge in [0, 0.05) is 24.2 Å². The number of hydrogen-bond acceptors (Lipinski definition) is 11. The van der Waals surface area contributed by atoms with Crippen molar-refractivity contribution in [3.05, 3.63) is 65.5 Å². The number of rotatable bonds is 16. The zero-order valence-electron chi connectivity index (χ0n) is 28.9. The third-order valence-corrected chi connectivity index (χ3v) is 7.94. The van der Waals surface area contributed by atoms with E-state index in [0.717, 1.165) is 11.1 Å². The molecule has 2 amide bonds. The Morgan fingerprint density at radius 2 is 1.27 bits per heavy atom. The lowest BCUT2D eigenvalue weighted by atomic mass is 9.85. The summed E-state index contributed by atoms with van der Waals surface area (Å²) in [6.45, 7) is 7.32. The van der Waals surface area contributed by atoms with Gasteiger partial charge < -0.3 is 43.8 Å². The normalized spacial score (nSPS) is 12.6. The zero-order chi connectivity index (χ0) is 35.4. The van der Waals surface area contributed by atoms with Crippen LogP contribution in [0.5, 0.6) is 34.5 Å². The van der Waals surface area contributed by atoms with Gasteiger partial charge in [-0.2, -0.15) is 0 Å². The first-order valence-corrected chi connectivity index (χ1v) is 15.5. The fourth-order valence-corrected chi connectivity index (χ4v) is 5.25. The van der Waals surface area contributed by atoms with Crippen LogP contribution in [0.25, 0.3) is 0 Å². The maximum Gasteiger partial charge on any atom is 0.514 e. The molecule has 0 radical (unpaired) electrons. The van der Waals surface area contributed by atoms with Crippen molar-refractivity contribution < 1.29 is 47.5 Å². The van der Waals surface area contributed by atoms with Crippen LogP contribution >= 0.6 is 0 Å². The number of hydrogen-bond donors (Lipinski definition) is 2. The second kappa shape index (κ2) is 17.6. The minimum absolute atomic E-state index is 0.0605. The maximum absolute atomic E-state index is 14.0. The molecule has 48 heavy (non-hydrogen) atoms. The van der Waals surface area contributed by atoms with Crippen LogP contribution in [0.15, 0.2) is 48.7 Å². The highest BCUT2D eigenvalue weighted by Gasteiger charge is 2.33. The highest BCUT2D eigenvalue weighted by molar-refractivity contribution is 5.99. The van der Waals surface area contributed by atoms with Gasteiger partial charge in [0.05, 0.1) is 42.2 Å². The van der Waals surface area contributed by atoms with Crippen molar-refractivity contribution in [3.8, 4) is 34.5 Å². The molecule has 0 spiro atoms. The molecule has 260 valence electrons. The molecule has 3 rings (SSSR count). The zero-order valence-corrected chi connectivity index (χ0v) is 28.9. The Morgan fingerprint density at radius 1 is 0.729 bits per heavy atom. The van der Waals surface area contributed by atoms with Crippen LogP contribution in [0.2, 0.25) is 0 Å². The van der Waals surface area contributed by atoms with Crippen LogP contribution in [0.3, 0.4) is 0 Å². The van der Waals surface area contributed by atoms with Crippen molar-refractivity contribution in [2.24, 2.45) is 5.92 Å². The molecule has 0 fully saturated rings. The first kappa shape index (κ1) is 37.3. The number of carbonyl (C=O) groups excluding carboxylic acids is 3. The summed E-state index contributed by atoms with van der Waals surface area (Å²) in [5.41, 5.74) is 1.42. The van der Waals surface area contributed by atoms with Crippen LogP contribution in [0.4, 0.5) is 4.79 Å². The first-order chi connectivity index (χ1) is 23.1. The first-order valence-electron chi connectivity index (χ1n) is 15.5. The number of methoxy groups -OCH3 is 5. The Bertz CT molecular complexity index is 1510. The molecule has 1 heterocycles. The van der Waals surface area contributed by atoms with Crippen LogP contribution in [-0.4, -0.2) is 77.2 Å². The SMILES string of the molecule is CCOC(=O)Oc1c(OC)ccnc1C(=O)N[C@H](C(=O)N[C@@H](C)C(c1ccc(OC)c(OC)c1)c1ccc(OC)c(OC)c1)[C@@H](C)CC. The fraction of sp³-hybridized carbons (Fsp3) is 0.429. The monoisotopic (exact) mass is 667 g/mol. The number of carbonyl (C=O) groups is 3. The highest BCUT2D eigenvalue weighted by atomic mass is 16.7. The molecule has 1 aromatic heterocycles. The van der Waals surface area contributed by atoms with E-state index in [1.165, 1.54) is 19.4 Å². The molecule has 0 bridgehead atoms. The van der Waals surface area contributed by atoms with Gasteiger partial charge in [0.1, 0.15) is 6.04 Å². The topological polar surface area (TPSA) is 153 Å². The van der Waals surface area contributed by atoms with Gasteiger partial charge in [-0.15, -0.1) is 0 Å². The van der Waals surface area contributed by atoms with E-state index < -0.39 is 36.0 Å². The number of benzene rings is 2. The Kier molecular flexibility index (Phi) is 13.7. The van der Waals surface area contributed by atoms with Crippen LogP contribution in [0.1, 0.15) is 61.6 Å². The quantitative estimate of drug-likeness (QED) is 0.195. The van der Waals surface area contributed by atoms with Gasteiger partial charge in [-0.05, 0) is 55.2 Å². The van der Waals surface area contributed by atoms with Gasteiger partial charge in [0.25, 0.3) is 5.91 Å². The molecule has 2 N–H and O–H groups in total. The molecule has 3 atom stereocenters. The molecule has 0 unspecified atom stereocenters. The van der Waals surface area contributed by atoms with Crippen molar-refractivity contribution >= 4 is 18.0 Å². The van der Waals surface area contributed by atoms with Gasteiger partial charge >= 0.3 is 6.16 Å². The summed E-state index contributed by atoms with van der Waals surface area (Å²) >= 11 is 0. The maximum atomic E-state index is 14.0. The number of amides is 2. The average molecular weight is 668 g/mol. The molecule has 0 saturated carbocycles. The molecule has 2 aromatic carbocycles. The molecular formula is C35H45N3O10. The van der Waals surface area contributed by atoms with Gasteiger partial charge in [-0.25, -0.2) is 9.78 Å². The predicted octanol–water partition coefficient (Wildman–Crippen LogP) is 5.14. The van der Waals surface area contributed by atoms with E-state index >= 15 is 0 Å². The summed E-state index contributed by atoms with van der Waals surface area (Å²) in [6, 6.07) is 11.1. The number of pyridine rings is 1. The van der Waals surface area contributed by atoms with E-state index in [0.29, 0.717) is 29.4 Å². The third kappa shape index (κ3) is 8.78. The third-order valence-electron chi connectivity index (χ3n) is 7.94. The number of nitrogens with zero attached hydrogens (tertiary/aromatic N) is 1. The molecule has 0 aliphatic rings. The Hall–Kier alpha value is -5.20. The Balaban J connectivity index is 2.00. The van der Waals surface area contributed by atoms with Crippen molar-refractivity contribution in [2.75, 3.05) is 42.2 Å². The van der Waals surface area contributed by atoms with Crippen LogP contribution in [-0.2, 0) is 9.53 Å². The Labute approximate surface area is 281 Å². The summed E-state index contributed by atoms with van der Waals surface area (Å²) in [7, 11) is 7.58. The molecule has 0 aliphatic carbocycles. The van der Waals surface area contributed by atoms with E-state index in [4.69, 9.17) is 33.2 Å². The lowest BCUT2D eigenvalue weighted by Crippen LogP contribution is -2.53. The second-order valence-electron chi connectivity index (χ2n) is 10.8. The molecule has 0 aliphatic heterocycles. The van der Waals surface area contributed by atoms with E-state index in [2.05, 4.69) is 15.6 Å². The largest absolute Gasteiger partial charge is 0.514 e. The fourth-order valence-electron chi connectivity index (χ4n) is 5.25.